The van der Waals surface area contributed by atoms with E-state index in [1.807, 2.05) is 0 Å². The Morgan fingerprint density at radius 3 is 2.19 bits per heavy atom. The number of nitriles is 1. The Bertz CT molecular complexity index is 1250. The van der Waals surface area contributed by atoms with Gasteiger partial charge >= 0.3 is 12.4 Å². The summed E-state index contributed by atoms with van der Waals surface area (Å²) in [6.45, 7) is -0.412. The number of alkyl halides is 6. The zero-order valence-electron chi connectivity index (χ0n) is 15.7. The van der Waals surface area contributed by atoms with E-state index in [0.29, 0.717) is 17.6 Å². The molecule has 0 fully saturated rings. The molecular formula is C21H10ClF6N2O2-. The lowest BCUT2D eigenvalue weighted by Gasteiger charge is -2.15. The normalized spacial score (nSPS) is 12.8. The maximum absolute atomic E-state index is 13.2. The Morgan fingerprint density at radius 1 is 1.09 bits per heavy atom. The third-order valence-corrected chi connectivity index (χ3v) is 4.84. The Hall–Kier alpha value is -3.45. The molecule has 1 heterocycles. The Kier molecular flexibility index (Phi) is 5.98. The van der Waals surface area contributed by atoms with Crippen LogP contribution in [0.5, 0.6) is 0 Å². The Balaban J connectivity index is 2.20. The summed E-state index contributed by atoms with van der Waals surface area (Å²) in [6.07, 6.45) is -7.75. The average molecular weight is 472 g/mol. The highest BCUT2D eigenvalue weighted by atomic mass is 35.5. The molecule has 11 heteroatoms. The van der Waals surface area contributed by atoms with Crippen LogP contribution in [0, 0.1) is 11.3 Å². The minimum absolute atomic E-state index is 0.0291. The van der Waals surface area contributed by atoms with Crippen molar-refractivity contribution in [3.8, 4) is 6.07 Å². The summed E-state index contributed by atoms with van der Waals surface area (Å²) in [7, 11) is 0. The lowest BCUT2D eigenvalue weighted by Crippen LogP contribution is -2.23. The molecule has 3 rings (SSSR count). The highest BCUT2D eigenvalue weighted by molar-refractivity contribution is 6.36. The number of rotatable bonds is 4. The molecule has 0 spiro atoms. The number of carbonyl (C=O) groups excluding carboxylic acids is 1. The lowest BCUT2D eigenvalue weighted by molar-refractivity contribution is -0.298. The third kappa shape index (κ3) is 4.73. The summed E-state index contributed by atoms with van der Waals surface area (Å²) >= 11 is 6.17. The van der Waals surface area contributed by atoms with Crippen molar-refractivity contribution >= 4 is 34.5 Å². The molecule has 0 saturated carbocycles. The Labute approximate surface area is 181 Å². The summed E-state index contributed by atoms with van der Waals surface area (Å²) in [5, 5.41) is 20.4. The summed E-state index contributed by atoms with van der Waals surface area (Å²) in [5.41, 5.74) is -3.50. The summed E-state index contributed by atoms with van der Waals surface area (Å²) in [4.78, 5) is 11.1. The van der Waals surface area contributed by atoms with Crippen LogP contribution in [0.1, 0.15) is 22.3 Å². The molecule has 2 aromatic carbocycles. The maximum Gasteiger partial charge on any atom is 0.416 e. The van der Waals surface area contributed by atoms with Gasteiger partial charge < -0.3 is 14.5 Å². The van der Waals surface area contributed by atoms with Crippen molar-refractivity contribution in [2.24, 2.45) is 0 Å². The van der Waals surface area contributed by atoms with E-state index in [-0.39, 0.29) is 27.6 Å². The minimum Gasteiger partial charge on any atom is -0.544 e. The molecule has 3 aromatic rings. The smallest absolute Gasteiger partial charge is 0.416 e. The van der Waals surface area contributed by atoms with Crippen molar-refractivity contribution in [2.45, 2.75) is 18.9 Å². The van der Waals surface area contributed by atoms with Gasteiger partial charge in [-0.05, 0) is 42.0 Å². The van der Waals surface area contributed by atoms with E-state index >= 15 is 0 Å². The van der Waals surface area contributed by atoms with E-state index in [2.05, 4.69) is 0 Å². The highest BCUT2D eigenvalue weighted by Crippen LogP contribution is 2.37. The number of fused-ring (bicyclic) bond motifs is 1. The number of hydrogen-bond donors (Lipinski definition) is 0. The fourth-order valence-electron chi connectivity index (χ4n) is 3.18. The van der Waals surface area contributed by atoms with Crippen molar-refractivity contribution in [3.63, 3.8) is 0 Å². The molecule has 0 aliphatic rings. The quantitative estimate of drug-likeness (QED) is 0.304. The van der Waals surface area contributed by atoms with Gasteiger partial charge in [0.1, 0.15) is 6.07 Å². The monoisotopic (exact) mass is 471 g/mol. The Morgan fingerprint density at radius 2 is 1.69 bits per heavy atom. The van der Waals surface area contributed by atoms with E-state index < -0.39 is 41.6 Å². The molecule has 0 saturated heterocycles. The zero-order chi connectivity index (χ0) is 23.8. The number of hydrogen-bond acceptors (Lipinski definition) is 3. The van der Waals surface area contributed by atoms with Crippen LogP contribution in [-0.4, -0.2) is 10.5 Å². The number of carbonyl (C=O) groups is 1. The van der Waals surface area contributed by atoms with E-state index in [1.54, 1.807) is 0 Å². The van der Waals surface area contributed by atoms with Crippen LogP contribution in [0.2, 0.25) is 5.02 Å². The van der Waals surface area contributed by atoms with Crippen LogP contribution in [0.3, 0.4) is 0 Å². The van der Waals surface area contributed by atoms with Crippen LogP contribution in [0.4, 0.5) is 26.3 Å². The van der Waals surface area contributed by atoms with Gasteiger partial charge in [0.25, 0.3) is 0 Å². The molecule has 0 radical (unpaired) electrons. The van der Waals surface area contributed by atoms with Gasteiger partial charge in [-0.2, -0.15) is 31.6 Å². The second-order valence-corrected chi connectivity index (χ2v) is 7.12. The minimum atomic E-state index is -5.00. The van der Waals surface area contributed by atoms with Crippen molar-refractivity contribution in [1.82, 2.24) is 4.57 Å². The molecule has 0 amide bonds. The van der Waals surface area contributed by atoms with Crippen molar-refractivity contribution in [3.05, 3.63) is 75.4 Å². The van der Waals surface area contributed by atoms with Gasteiger partial charge in [-0.15, -0.1) is 0 Å². The molecule has 32 heavy (non-hydrogen) atoms. The molecular weight excluding hydrogens is 462 g/mol. The molecule has 1 aromatic heterocycles. The second-order valence-electron chi connectivity index (χ2n) is 6.72. The number of nitrogens with zero attached hydrogens (tertiary/aromatic N) is 2. The van der Waals surface area contributed by atoms with E-state index in [4.69, 9.17) is 16.9 Å². The van der Waals surface area contributed by atoms with Crippen LogP contribution < -0.4 is 5.11 Å². The van der Waals surface area contributed by atoms with Gasteiger partial charge in [-0.1, -0.05) is 17.7 Å². The maximum atomic E-state index is 13.2. The van der Waals surface area contributed by atoms with Crippen molar-refractivity contribution < 1.29 is 36.2 Å². The van der Waals surface area contributed by atoms with E-state index in [0.717, 1.165) is 6.08 Å². The van der Waals surface area contributed by atoms with Crippen LogP contribution in [0.25, 0.3) is 17.0 Å². The summed E-state index contributed by atoms with van der Waals surface area (Å²) in [5.74, 6) is -1.76. The highest BCUT2D eigenvalue weighted by Gasteiger charge is 2.36. The van der Waals surface area contributed by atoms with Crippen molar-refractivity contribution in [2.75, 3.05) is 0 Å². The molecule has 0 atom stereocenters. The predicted molar refractivity (Wildman–Crippen MR) is 101 cm³/mol. The van der Waals surface area contributed by atoms with E-state index in [9.17, 15) is 36.2 Å². The van der Waals surface area contributed by atoms with Gasteiger partial charge in [0.2, 0.25) is 0 Å². The topological polar surface area (TPSA) is 68.8 Å². The lowest BCUT2D eigenvalue weighted by atomic mass is 10.0. The van der Waals surface area contributed by atoms with Gasteiger partial charge in [0.05, 0.1) is 33.2 Å². The SMILES string of the molecule is N#C/C(=C\c1cn(Cc2cc(C(F)(F)F)cc(C(F)(F)F)c2)c2cccc(Cl)c12)C(=O)[O-]. The predicted octanol–water partition coefficient (Wildman–Crippen LogP) is 5.04. The molecule has 0 N–H and O–H groups in total. The molecule has 0 bridgehead atoms. The van der Waals surface area contributed by atoms with Gasteiger partial charge in [-0.25, -0.2) is 0 Å². The molecule has 4 nitrogen and oxygen atoms in total. The molecule has 166 valence electrons. The van der Waals surface area contributed by atoms with Gasteiger partial charge in [0, 0.05) is 23.7 Å². The molecule has 0 unspecified atom stereocenters. The van der Waals surface area contributed by atoms with Gasteiger partial charge in [-0.3, -0.25) is 0 Å². The first-order valence-electron chi connectivity index (χ1n) is 8.70. The number of aromatic nitrogens is 1. The fourth-order valence-corrected chi connectivity index (χ4v) is 3.46. The first-order valence-corrected chi connectivity index (χ1v) is 9.08. The molecule has 0 aliphatic carbocycles. The number of benzene rings is 2. The average Bonchev–Trinajstić information content (AvgIpc) is 3.02. The number of halogens is 7. The van der Waals surface area contributed by atoms with Crippen LogP contribution in [-0.2, 0) is 23.7 Å². The van der Waals surface area contributed by atoms with E-state index in [1.165, 1.54) is 35.0 Å². The summed E-state index contributed by atoms with van der Waals surface area (Å²) < 4.78 is 80.2. The third-order valence-electron chi connectivity index (χ3n) is 4.53. The first-order chi connectivity index (χ1) is 14.8. The van der Waals surface area contributed by atoms with Crippen LogP contribution >= 0.6 is 11.6 Å². The fraction of sp³-hybridized carbons (Fsp3) is 0.143. The van der Waals surface area contributed by atoms with Gasteiger partial charge in [0.15, 0.2) is 0 Å². The zero-order valence-corrected chi connectivity index (χ0v) is 16.4. The molecule has 0 aliphatic heterocycles. The summed E-state index contributed by atoms with van der Waals surface area (Å²) in [6, 6.07) is 7.14. The largest absolute Gasteiger partial charge is 0.544 e. The number of aliphatic carboxylic acids is 1. The standard InChI is InChI=1S/C21H11ClF6N2O2/c22-16-2-1-3-17-18(16)13(6-12(8-29)19(31)32)10-30(17)9-11-4-14(20(23,24)25)7-15(5-11)21(26,27)28/h1-7,10H,9H2,(H,31,32)/p-1/b12-6+. The second kappa shape index (κ2) is 8.24. The van der Waals surface area contributed by atoms with Crippen molar-refractivity contribution in [1.29, 1.82) is 5.26 Å². The first kappa shape index (κ1) is 23.2. The number of carboxylic acids is 1. The number of carboxylic acid groups (broad SMARTS) is 1. The van der Waals surface area contributed by atoms with Crippen LogP contribution in [0.15, 0.2) is 48.2 Å².